The number of aryl methyl sites for hydroxylation is 1. The number of nitrogens with zero attached hydrogens (tertiary/aromatic N) is 3. The van der Waals surface area contributed by atoms with Crippen molar-refractivity contribution in [2.45, 2.75) is 25.6 Å². The molecule has 0 unspecified atom stereocenters. The van der Waals surface area contributed by atoms with E-state index in [1.165, 1.54) is 12.5 Å². The van der Waals surface area contributed by atoms with Crippen LogP contribution in [0.4, 0.5) is 0 Å². The van der Waals surface area contributed by atoms with Crippen LogP contribution in [-0.2, 0) is 21.3 Å². The number of rotatable bonds is 5. The molecular weight excluding hydrogens is 278 g/mol. The van der Waals surface area contributed by atoms with Crippen LogP contribution in [0.5, 0.6) is 0 Å². The average Bonchev–Trinajstić information content (AvgIpc) is 2.86. The van der Waals surface area contributed by atoms with Crippen molar-refractivity contribution >= 4 is 19.7 Å². The fraction of sp³-hybridized carbons (Fsp3) is 0.400. The molecule has 8 heteroatoms. The van der Waals surface area contributed by atoms with Gasteiger partial charge in [-0.1, -0.05) is 12.1 Å². The van der Waals surface area contributed by atoms with Gasteiger partial charge in [0.1, 0.15) is 11.4 Å². The fourth-order valence-electron chi connectivity index (χ4n) is 1.69. The molecule has 2 aromatic heterocycles. The lowest BCUT2D eigenvalue weighted by molar-refractivity contribution is 0.564. The predicted octanol–water partition coefficient (Wildman–Crippen LogP) is 2.02. The van der Waals surface area contributed by atoms with Crippen molar-refractivity contribution in [1.29, 1.82) is 0 Å². The van der Waals surface area contributed by atoms with E-state index in [0.29, 0.717) is 17.9 Å². The molecule has 0 saturated heterocycles. The highest BCUT2D eigenvalue weighted by Crippen LogP contribution is 2.25. The Morgan fingerprint density at radius 3 is 2.83 bits per heavy atom. The second-order valence-corrected chi connectivity index (χ2v) is 6.58. The quantitative estimate of drug-likeness (QED) is 0.787. The Bertz CT molecular complexity index is 619. The summed E-state index contributed by atoms with van der Waals surface area (Å²) in [6, 6.07) is 1.73. The summed E-state index contributed by atoms with van der Waals surface area (Å²) in [5, 5.41) is 7.83. The summed E-state index contributed by atoms with van der Waals surface area (Å²) in [6.07, 6.45) is 3.90. The maximum atomic E-state index is 11.2. The molecule has 0 aliphatic carbocycles. The SMILES string of the molecule is CCCn1nnc(CS(=O)(=O)Cl)c1-c1ccoc1. The Kier molecular flexibility index (Phi) is 3.72. The molecule has 6 nitrogen and oxygen atoms in total. The molecule has 18 heavy (non-hydrogen) atoms. The molecule has 2 rings (SSSR count). The van der Waals surface area contributed by atoms with E-state index < -0.39 is 9.05 Å². The Morgan fingerprint density at radius 2 is 2.28 bits per heavy atom. The Morgan fingerprint density at radius 1 is 1.50 bits per heavy atom. The maximum absolute atomic E-state index is 11.2. The highest BCUT2D eigenvalue weighted by atomic mass is 35.7. The van der Waals surface area contributed by atoms with Gasteiger partial charge in [0.05, 0.1) is 18.2 Å². The summed E-state index contributed by atoms with van der Waals surface area (Å²) >= 11 is 0. The molecule has 0 aliphatic heterocycles. The first-order valence-electron chi connectivity index (χ1n) is 5.38. The van der Waals surface area contributed by atoms with Crippen molar-refractivity contribution in [3.8, 4) is 11.3 Å². The van der Waals surface area contributed by atoms with Gasteiger partial charge in [-0.05, 0) is 12.5 Å². The van der Waals surface area contributed by atoms with E-state index in [1.54, 1.807) is 10.7 Å². The van der Waals surface area contributed by atoms with Crippen molar-refractivity contribution in [3.05, 3.63) is 24.3 Å². The van der Waals surface area contributed by atoms with E-state index in [9.17, 15) is 8.42 Å². The van der Waals surface area contributed by atoms with Crippen LogP contribution in [0.1, 0.15) is 19.0 Å². The van der Waals surface area contributed by atoms with E-state index in [1.807, 2.05) is 6.92 Å². The topological polar surface area (TPSA) is 78.0 Å². The van der Waals surface area contributed by atoms with Gasteiger partial charge in [0.15, 0.2) is 0 Å². The van der Waals surface area contributed by atoms with Crippen molar-refractivity contribution in [2.24, 2.45) is 0 Å². The molecule has 0 spiro atoms. The van der Waals surface area contributed by atoms with E-state index >= 15 is 0 Å². The molecule has 0 radical (unpaired) electrons. The van der Waals surface area contributed by atoms with Gasteiger partial charge < -0.3 is 4.42 Å². The monoisotopic (exact) mass is 289 g/mol. The summed E-state index contributed by atoms with van der Waals surface area (Å²) in [7, 11) is 1.59. The highest BCUT2D eigenvalue weighted by Gasteiger charge is 2.20. The summed E-state index contributed by atoms with van der Waals surface area (Å²) in [5.74, 6) is -0.348. The Balaban J connectivity index is 2.48. The second kappa shape index (κ2) is 5.11. The zero-order valence-corrected chi connectivity index (χ0v) is 11.3. The number of hydrogen-bond donors (Lipinski definition) is 0. The summed E-state index contributed by atoms with van der Waals surface area (Å²) in [4.78, 5) is 0. The first kappa shape index (κ1) is 13.1. The molecule has 0 aliphatic rings. The predicted molar refractivity (Wildman–Crippen MR) is 66.5 cm³/mol. The normalized spacial score (nSPS) is 11.9. The third-order valence-electron chi connectivity index (χ3n) is 2.34. The standard InChI is InChI=1S/C10H12ClN3O3S/c1-2-4-14-10(8-3-5-17-6-8)9(12-13-14)7-18(11,15)16/h3,5-6H,2,4,7H2,1H3. The third-order valence-corrected chi connectivity index (χ3v) is 3.29. The summed E-state index contributed by atoms with van der Waals surface area (Å²) in [5.41, 5.74) is 1.71. The number of hydrogen-bond acceptors (Lipinski definition) is 5. The van der Waals surface area contributed by atoms with E-state index in [0.717, 1.165) is 12.0 Å². The van der Waals surface area contributed by atoms with Crippen LogP contribution < -0.4 is 0 Å². The number of furan rings is 1. The lowest BCUT2D eigenvalue weighted by Gasteiger charge is -2.03. The molecule has 0 N–H and O–H groups in total. The summed E-state index contributed by atoms with van der Waals surface area (Å²) in [6.45, 7) is 2.65. The molecule has 2 aromatic rings. The Hall–Kier alpha value is -1.34. The first-order chi connectivity index (χ1) is 8.51. The van der Waals surface area contributed by atoms with Gasteiger partial charge >= 0.3 is 0 Å². The van der Waals surface area contributed by atoms with E-state index in [-0.39, 0.29) is 5.75 Å². The van der Waals surface area contributed by atoms with E-state index in [2.05, 4.69) is 10.3 Å². The third kappa shape index (κ3) is 2.91. The molecule has 0 aromatic carbocycles. The van der Waals surface area contributed by atoms with Gasteiger partial charge in [-0.2, -0.15) is 0 Å². The lowest BCUT2D eigenvalue weighted by Crippen LogP contribution is -2.03. The van der Waals surface area contributed by atoms with Crippen LogP contribution in [0.15, 0.2) is 23.0 Å². The van der Waals surface area contributed by atoms with Crippen LogP contribution in [0.2, 0.25) is 0 Å². The maximum Gasteiger partial charge on any atom is 0.238 e. The van der Waals surface area contributed by atoms with E-state index in [4.69, 9.17) is 15.1 Å². The molecule has 0 atom stereocenters. The van der Waals surface area contributed by atoms with Crippen molar-refractivity contribution in [3.63, 3.8) is 0 Å². The number of halogens is 1. The minimum atomic E-state index is -3.67. The van der Waals surface area contributed by atoms with Crippen LogP contribution >= 0.6 is 10.7 Å². The lowest BCUT2D eigenvalue weighted by atomic mass is 10.2. The van der Waals surface area contributed by atoms with Crippen molar-refractivity contribution in [2.75, 3.05) is 0 Å². The molecule has 0 fully saturated rings. The molecular formula is C10H12ClN3O3S. The van der Waals surface area contributed by atoms with Gasteiger partial charge in [0.2, 0.25) is 9.05 Å². The minimum absolute atomic E-state index is 0.333. The zero-order valence-electron chi connectivity index (χ0n) is 9.71. The van der Waals surface area contributed by atoms with Gasteiger partial charge in [0.25, 0.3) is 0 Å². The van der Waals surface area contributed by atoms with Crippen LogP contribution in [0, 0.1) is 0 Å². The average molecular weight is 290 g/mol. The number of aromatic nitrogens is 3. The molecule has 2 heterocycles. The van der Waals surface area contributed by atoms with Crippen LogP contribution in [0.3, 0.4) is 0 Å². The van der Waals surface area contributed by atoms with Crippen molar-refractivity contribution < 1.29 is 12.8 Å². The first-order valence-corrected chi connectivity index (χ1v) is 7.86. The highest BCUT2D eigenvalue weighted by molar-refractivity contribution is 8.13. The zero-order chi connectivity index (χ0) is 13.2. The second-order valence-electron chi connectivity index (χ2n) is 3.80. The van der Waals surface area contributed by atoms with Crippen LogP contribution in [-0.4, -0.2) is 23.4 Å². The van der Waals surface area contributed by atoms with Gasteiger partial charge in [-0.25, -0.2) is 13.1 Å². The minimum Gasteiger partial charge on any atom is -0.472 e. The van der Waals surface area contributed by atoms with Gasteiger partial charge in [-0.3, -0.25) is 0 Å². The molecule has 0 bridgehead atoms. The van der Waals surface area contributed by atoms with Crippen LogP contribution in [0.25, 0.3) is 11.3 Å². The van der Waals surface area contributed by atoms with Gasteiger partial charge in [-0.15, -0.1) is 5.10 Å². The van der Waals surface area contributed by atoms with Gasteiger partial charge in [0, 0.05) is 22.8 Å². The van der Waals surface area contributed by atoms with Crippen molar-refractivity contribution in [1.82, 2.24) is 15.0 Å². The summed E-state index contributed by atoms with van der Waals surface area (Å²) < 4.78 is 29.0. The molecule has 0 saturated carbocycles. The molecule has 98 valence electrons. The molecule has 0 amide bonds. The largest absolute Gasteiger partial charge is 0.472 e. The fourth-order valence-corrected chi connectivity index (χ4v) is 2.52. The Labute approximate surface area is 109 Å². The smallest absolute Gasteiger partial charge is 0.238 e.